The molecule has 1 aromatic rings. The second-order valence-corrected chi connectivity index (χ2v) is 6.83. The Morgan fingerprint density at radius 2 is 2.53 bits per heavy atom. The molecular weight excluding hydrogens is 326 g/mol. The maximum atomic E-state index is 5.90. The Kier molecular flexibility index (Phi) is 6.25. The summed E-state index contributed by atoms with van der Waals surface area (Å²) >= 11 is 5.25. The molecule has 0 amide bonds. The van der Waals surface area contributed by atoms with Gasteiger partial charge in [0.2, 0.25) is 0 Å². The molecule has 2 atom stereocenters. The van der Waals surface area contributed by atoms with E-state index in [1.165, 1.54) is 11.3 Å². The Bertz CT molecular complexity index is 386. The number of nitrogens with zero attached hydrogens (tertiary/aromatic N) is 1. The number of hydrazine groups is 1. The number of nitrogens with two attached hydrogens (primary N) is 1. The summed E-state index contributed by atoms with van der Waals surface area (Å²) in [6.45, 7) is 6.16. The average Bonchev–Trinajstić information content (AvgIpc) is 2.82. The number of hydrogen-bond donors (Lipinski definition) is 2. The number of rotatable bonds is 6. The van der Waals surface area contributed by atoms with Crippen molar-refractivity contribution in [3.05, 3.63) is 20.8 Å². The molecule has 0 radical (unpaired) electrons. The summed E-state index contributed by atoms with van der Waals surface area (Å²) in [5, 5.41) is 2.11. The summed E-state index contributed by atoms with van der Waals surface area (Å²) in [6.07, 6.45) is 2.27. The van der Waals surface area contributed by atoms with Gasteiger partial charge in [0.1, 0.15) is 0 Å². The molecule has 0 bridgehead atoms. The highest BCUT2D eigenvalue weighted by Gasteiger charge is 2.27. The van der Waals surface area contributed by atoms with E-state index in [0.717, 1.165) is 37.1 Å². The second-order valence-electron chi connectivity index (χ2n) is 4.92. The molecule has 1 aromatic heterocycles. The Morgan fingerprint density at radius 1 is 1.68 bits per heavy atom. The molecule has 1 aliphatic heterocycles. The summed E-state index contributed by atoms with van der Waals surface area (Å²) in [6, 6.07) is 2.33. The third-order valence-electron chi connectivity index (χ3n) is 3.42. The molecule has 6 heteroatoms. The van der Waals surface area contributed by atoms with Crippen LogP contribution in [0.4, 0.5) is 0 Å². The molecule has 108 valence electrons. The van der Waals surface area contributed by atoms with E-state index in [-0.39, 0.29) is 12.1 Å². The number of morpholine rings is 1. The topological polar surface area (TPSA) is 50.5 Å². The van der Waals surface area contributed by atoms with Crippen molar-refractivity contribution in [1.82, 2.24) is 10.3 Å². The van der Waals surface area contributed by atoms with E-state index in [1.807, 2.05) is 0 Å². The Morgan fingerprint density at radius 3 is 3.16 bits per heavy atom. The smallest absolute Gasteiger partial charge is 0.0872 e. The fourth-order valence-corrected chi connectivity index (χ4v) is 3.98. The minimum atomic E-state index is 0.171. The predicted molar refractivity (Wildman–Crippen MR) is 83.3 cm³/mol. The number of hydrogen-bond acceptors (Lipinski definition) is 5. The third kappa shape index (κ3) is 4.51. The minimum absolute atomic E-state index is 0.171. The van der Waals surface area contributed by atoms with Crippen LogP contribution in [0.3, 0.4) is 0 Å². The summed E-state index contributed by atoms with van der Waals surface area (Å²) in [4.78, 5) is 3.79. The van der Waals surface area contributed by atoms with Crippen molar-refractivity contribution in [2.45, 2.75) is 31.9 Å². The van der Waals surface area contributed by atoms with Crippen LogP contribution < -0.4 is 11.3 Å². The maximum Gasteiger partial charge on any atom is 0.0872 e. The Hall–Kier alpha value is 0.0200. The lowest BCUT2D eigenvalue weighted by molar-refractivity contribution is -0.0461. The zero-order valence-electron chi connectivity index (χ0n) is 11.3. The largest absolute Gasteiger partial charge is 0.374 e. The van der Waals surface area contributed by atoms with Crippen LogP contribution in [0.1, 0.15) is 18.2 Å². The number of ether oxygens (including phenoxy) is 1. The molecule has 0 aromatic carbocycles. The van der Waals surface area contributed by atoms with Gasteiger partial charge < -0.3 is 4.74 Å². The first-order valence-corrected chi connectivity index (χ1v) is 8.43. The highest BCUT2D eigenvalue weighted by Crippen LogP contribution is 2.22. The molecule has 3 N–H and O–H groups in total. The Labute approximate surface area is 127 Å². The van der Waals surface area contributed by atoms with Crippen molar-refractivity contribution in [2.75, 3.05) is 26.2 Å². The lowest BCUT2D eigenvalue weighted by Crippen LogP contribution is -2.54. The minimum Gasteiger partial charge on any atom is -0.374 e. The summed E-state index contributed by atoms with van der Waals surface area (Å²) in [5.74, 6) is 5.72. The van der Waals surface area contributed by atoms with Crippen molar-refractivity contribution in [3.8, 4) is 0 Å². The van der Waals surface area contributed by atoms with Gasteiger partial charge in [-0.25, -0.2) is 0 Å². The van der Waals surface area contributed by atoms with Gasteiger partial charge in [-0.1, -0.05) is 6.92 Å². The van der Waals surface area contributed by atoms with Crippen molar-refractivity contribution >= 4 is 27.3 Å². The fraction of sp³-hybridized carbons (Fsp3) is 0.692. The predicted octanol–water partition coefficient (Wildman–Crippen LogP) is 2.00. The molecule has 1 fully saturated rings. The van der Waals surface area contributed by atoms with E-state index in [0.29, 0.717) is 0 Å². The molecule has 2 rings (SSSR count). The SMILES string of the molecule is CCCN1CCOC(C(Cc2cc(Br)cs2)NN)C1. The monoisotopic (exact) mass is 347 g/mol. The molecule has 19 heavy (non-hydrogen) atoms. The van der Waals surface area contributed by atoms with Crippen LogP contribution in [0.2, 0.25) is 0 Å². The third-order valence-corrected chi connectivity index (χ3v) is 5.14. The van der Waals surface area contributed by atoms with E-state index in [1.54, 1.807) is 11.3 Å². The normalized spacial score (nSPS) is 22.6. The zero-order chi connectivity index (χ0) is 13.7. The van der Waals surface area contributed by atoms with Crippen LogP contribution in [-0.2, 0) is 11.2 Å². The van der Waals surface area contributed by atoms with Gasteiger partial charge in [-0.2, -0.15) is 0 Å². The molecular formula is C13H22BrN3OS. The quantitative estimate of drug-likeness (QED) is 0.610. The van der Waals surface area contributed by atoms with Crippen LogP contribution in [0.15, 0.2) is 15.9 Å². The lowest BCUT2D eigenvalue weighted by atomic mass is 10.1. The molecule has 4 nitrogen and oxygen atoms in total. The summed E-state index contributed by atoms with van der Waals surface area (Å²) in [5.41, 5.74) is 2.93. The lowest BCUT2D eigenvalue weighted by Gasteiger charge is -2.36. The molecule has 1 saturated heterocycles. The van der Waals surface area contributed by atoms with Gasteiger partial charge in [0.15, 0.2) is 0 Å². The van der Waals surface area contributed by atoms with E-state index < -0.39 is 0 Å². The number of nitrogens with one attached hydrogen (secondary N) is 1. The number of thiophene rings is 1. The molecule has 1 aliphatic rings. The maximum absolute atomic E-state index is 5.90. The van der Waals surface area contributed by atoms with Crippen LogP contribution in [-0.4, -0.2) is 43.3 Å². The molecule has 2 heterocycles. The van der Waals surface area contributed by atoms with Crippen molar-refractivity contribution in [1.29, 1.82) is 0 Å². The van der Waals surface area contributed by atoms with Gasteiger partial charge in [0.05, 0.1) is 18.8 Å². The Balaban J connectivity index is 1.92. The van der Waals surface area contributed by atoms with Crippen LogP contribution >= 0.6 is 27.3 Å². The second kappa shape index (κ2) is 7.71. The van der Waals surface area contributed by atoms with E-state index in [2.05, 4.69) is 44.6 Å². The van der Waals surface area contributed by atoms with Crippen molar-refractivity contribution < 1.29 is 4.74 Å². The van der Waals surface area contributed by atoms with Gasteiger partial charge in [-0.15, -0.1) is 11.3 Å². The van der Waals surface area contributed by atoms with E-state index in [9.17, 15) is 0 Å². The first-order chi connectivity index (χ1) is 9.22. The summed E-state index contributed by atoms with van der Waals surface area (Å²) < 4.78 is 7.03. The van der Waals surface area contributed by atoms with Gasteiger partial charge in [0, 0.05) is 34.2 Å². The first kappa shape index (κ1) is 15.4. The molecule has 0 saturated carbocycles. The van der Waals surface area contributed by atoms with Crippen molar-refractivity contribution in [2.24, 2.45) is 5.84 Å². The fourth-order valence-electron chi connectivity index (χ4n) is 2.47. The highest BCUT2D eigenvalue weighted by molar-refractivity contribution is 9.10. The molecule has 0 aliphatic carbocycles. The number of halogens is 1. The van der Waals surface area contributed by atoms with Crippen LogP contribution in [0, 0.1) is 0 Å². The van der Waals surface area contributed by atoms with Crippen molar-refractivity contribution in [3.63, 3.8) is 0 Å². The van der Waals surface area contributed by atoms with E-state index >= 15 is 0 Å². The zero-order valence-corrected chi connectivity index (χ0v) is 13.7. The van der Waals surface area contributed by atoms with E-state index in [4.69, 9.17) is 10.6 Å². The standard InChI is InChI=1S/C13H22BrN3OS/c1-2-3-17-4-5-18-13(8-17)12(16-15)7-11-6-10(14)9-19-11/h6,9,12-13,16H,2-5,7-8,15H2,1H3. The summed E-state index contributed by atoms with van der Waals surface area (Å²) in [7, 11) is 0. The van der Waals surface area contributed by atoms with Gasteiger partial charge in [-0.3, -0.25) is 16.2 Å². The van der Waals surface area contributed by atoms with Gasteiger partial charge in [-0.05, 0) is 35.0 Å². The molecule has 2 unspecified atom stereocenters. The van der Waals surface area contributed by atoms with Crippen LogP contribution in [0.25, 0.3) is 0 Å². The van der Waals surface area contributed by atoms with Gasteiger partial charge in [0.25, 0.3) is 0 Å². The average molecular weight is 348 g/mol. The first-order valence-electron chi connectivity index (χ1n) is 6.76. The van der Waals surface area contributed by atoms with Gasteiger partial charge >= 0.3 is 0 Å². The molecule has 0 spiro atoms. The highest BCUT2D eigenvalue weighted by atomic mass is 79.9. The van der Waals surface area contributed by atoms with Crippen LogP contribution in [0.5, 0.6) is 0 Å².